The minimum Gasteiger partial charge on any atom is -0.343 e. The first-order valence-corrected chi connectivity index (χ1v) is 9.43. The van der Waals surface area contributed by atoms with Gasteiger partial charge in [0.2, 0.25) is 5.91 Å². The third-order valence-electron chi connectivity index (χ3n) is 5.20. The van der Waals surface area contributed by atoms with Crippen LogP contribution in [0.25, 0.3) is 5.69 Å². The van der Waals surface area contributed by atoms with E-state index in [0.29, 0.717) is 5.56 Å². The van der Waals surface area contributed by atoms with Gasteiger partial charge in [-0.05, 0) is 61.7 Å². The lowest BCUT2D eigenvalue weighted by molar-refractivity contribution is -0.130. The minimum atomic E-state index is -0.250. The Hall–Kier alpha value is -3.48. The molecule has 0 saturated heterocycles. The third kappa shape index (κ3) is 4.68. The maximum absolute atomic E-state index is 12.6. The fourth-order valence-corrected chi connectivity index (χ4v) is 2.95. The van der Waals surface area contributed by atoms with E-state index in [2.05, 4.69) is 15.4 Å². The lowest BCUT2D eigenvalue weighted by Gasteiger charge is -2.25. The van der Waals surface area contributed by atoms with E-state index in [9.17, 15) is 9.59 Å². The molecule has 7 heteroatoms. The predicted molar refractivity (Wildman–Crippen MR) is 111 cm³/mol. The number of hydrogen-bond donors (Lipinski definition) is 1. The molecule has 2 amide bonds. The highest BCUT2D eigenvalue weighted by Crippen LogP contribution is 2.20. The minimum absolute atomic E-state index is 0.0519. The van der Waals surface area contributed by atoms with Crippen LogP contribution in [-0.2, 0) is 4.79 Å². The average molecular weight is 391 g/mol. The second kappa shape index (κ2) is 8.68. The molecule has 0 aliphatic rings. The number of amides is 2. The van der Waals surface area contributed by atoms with Gasteiger partial charge in [-0.2, -0.15) is 5.10 Å². The van der Waals surface area contributed by atoms with Gasteiger partial charge in [0.25, 0.3) is 5.91 Å². The van der Waals surface area contributed by atoms with Crippen molar-refractivity contribution in [2.75, 3.05) is 13.6 Å². The Bertz CT molecular complexity index is 997. The predicted octanol–water partition coefficient (Wildman–Crippen LogP) is 2.83. The summed E-state index contributed by atoms with van der Waals surface area (Å²) in [5, 5.41) is 6.81. The van der Waals surface area contributed by atoms with E-state index < -0.39 is 0 Å². The number of nitrogens with one attached hydrogen (secondary N) is 1. The van der Waals surface area contributed by atoms with Gasteiger partial charge in [0.1, 0.15) is 12.7 Å². The van der Waals surface area contributed by atoms with Crippen LogP contribution in [-0.4, -0.2) is 45.1 Å². The molecule has 0 fully saturated rings. The molecule has 0 bridgehead atoms. The van der Waals surface area contributed by atoms with Gasteiger partial charge in [-0.1, -0.05) is 18.2 Å². The summed E-state index contributed by atoms with van der Waals surface area (Å²) in [6.45, 7) is 5.85. The third-order valence-corrected chi connectivity index (χ3v) is 5.20. The molecule has 1 atom stereocenters. The molecular weight excluding hydrogens is 366 g/mol. The van der Waals surface area contributed by atoms with Crippen LogP contribution in [0.4, 0.5) is 0 Å². The zero-order chi connectivity index (χ0) is 21.0. The van der Waals surface area contributed by atoms with Crippen molar-refractivity contribution in [3.8, 4) is 5.69 Å². The number of carbonyl (C=O) groups excluding carboxylic acids is 2. The molecule has 0 unspecified atom stereocenters. The fraction of sp³-hybridized carbons (Fsp3) is 0.273. The monoisotopic (exact) mass is 391 g/mol. The van der Waals surface area contributed by atoms with Crippen LogP contribution in [0.1, 0.15) is 40.0 Å². The van der Waals surface area contributed by atoms with Crippen LogP contribution >= 0.6 is 0 Å². The van der Waals surface area contributed by atoms with Gasteiger partial charge < -0.3 is 10.2 Å². The highest BCUT2D eigenvalue weighted by Gasteiger charge is 2.18. The summed E-state index contributed by atoms with van der Waals surface area (Å²) in [6.07, 6.45) is 3.11. The van der Waals surface area contributed by atoms with Crippen LogP contribution in [0.5, 0.6) is 0 Å². The van der Waals surface area contributed by atoms with Crippen molar-refractivity contribution in [3.63, 3.8) is 0 Å². The number of rotatable bonds is 6. The normalized spacial score (nSPS) is 11.7. The van der Waals surface area contributed by atoms with E-state index in [1.54, 1.807) is 29.0 Å². The summed E-state index contributed by atoms with van der Waals surface area (Å²) in [7, 11) is 1.74. The molecule has 150 valence electrons. The molecular formula is C22H25N5O2. The highest BCUT2D eigenvalue weighted by molar-refractivity contribution is 5.96. The van der Waals surface area contributed by atoms with Crippen LogP contribution in [0.2, 0.25) is 0 Å². The SMILES string of the molecule is Cc1ccc(C(=O)NCC(=O)N(C)[C@H](C)c2ccc(-n3cncn3)cc2)cc1C. The van der Waals surface area contributed by atoms with Crippen molar-refractivity contribution >= 4 is 11.8 Å². The maximum Gasteiger partial charge on any atom is 0.251 e. The van der Waals surface area contributed by atoms with Gasteiger partial charge >= 0.3 is 0 Å². The number of likely N-dealkylation sites (N-methyl/N-ethyl adjacent to an activating group) is 1. The highest BCUT2D eigenvalue weighted by atomic mass is 16.2. The molecule has 2 aromatic carbocycles. The number of nitrogens with zero attached hydrogens (tertiary/aromatic N) is 4. The van der Waals surface area contributed by atoms with E-state index in [4.69, 9.17) is 0 Å². The Morgan fingerprint density at radius 3 is 2.45 bits per heavy atom. The molecule has 1 aromatic heterocycles. The summed E-state index contributed by atoms with van der Waals surface area (Å²) in [5.74, 6) is -0.408. The number of carbonyl (C=O) groups is 2. The first-order chi connectivity index (χ1) is 13.9. The van der Waals surface area contributed by atoms with Crippen molar-refractivity contribution in [3.05, 3.63) is 77.4 Å². The molecule has 1 N–H and O–H groups in total. The van der Waals surface area contributed by atoms with Gasteiger partial charge in [0.05, 0.1) is 18.3 Å². The van der Waals surface area contributed by atoms with Crippen LogP contribution in [0.3, 0.4) is 0 Å². The molecule has 3 rings (SSSR count). The molecule has 0 radical (unpaired) electrons. The zero-order valence-electron chi connectivity index (χ0n) is 17.1. The molecule has 0 spiro atoms. The summed E-state index contributed by atoms with van der Waals surface area (Å²) < 4.78 is 1.67. The van der Waals surface area contributed by atoms with Crippen LogP contribution < -0.4 is 5.32 Å². The Labute approximate surface area is 170 Å². The Morgan fingerprint density at radius 2 is 1.83 bits per heavy atom. The Balaban J connectivity index is 1.58. The fourth-order valence-electron chi connectivity index (χ4n) is 2.95. The van der Waals surface area contributed by atoms with Gasteiger partial charge in [-0.3, -0.25) is 9.59 Å². The standard InChI is InChI=1S/C22H25N5O2/c1-15-5-6-19(11-16(15)2)22(29)24-12-21(28)26(4)17(3)18-7-9-20(10-8-18)27-14-23-13-25-27/h5-11,13-14,17H,12H2,1-4H3,(H,24,29)/t17-/m1/s1. The van der Waals surface area contributed by atoms with Gasteiger partial charge in [0.15, 0.2) is 0 Å². The van der Waals surface area contributed by atoms with Gasteiger partial charge in [-0.15, -0.1) is 0 Å². The molecule has 0 saturated carbocycles. The van der Waals surface area contributed by atoms with E-state index in [1.807, 2.05) is 57.2 Å². The Kier molecular flexibility index (Phi) is 6.07. The molecule has 7 nitrogen and oxygen atoms in total. The van der Waals surface area contributed by atoms with Gasteiger partial charge in [0, 0.05) is 12.6 Å². The second-order valence-electron chi connectivity index (χ2n) is 7.09. The molecule has 1 heterocycles. The van der Waals surface area contributed by atoms with E-state index in [0.717, 1.165) is 22.4 Å². The smallest absolute Gasteiger partial charge is 0.251 e. The lowest BCUT2D eigenvalue weighted by Crippen LogP contribution is -2.39. The first kappa shape index (κ1) is 20.3. The van der Waals surface area contributed by atoms with E-state index in [1.165, 1.54) is 6.33 Å². The van der Waals surface area contributed by atoms with Crippen molar-refractivity contribution < 1.29 is 9.59 Å². The number of aromatic nitrogens is 3. The number of hydrogen-bond acceptors (Lipinski definition) is 4. The largest absolute Gasteiger partial charge is 0.343 e. The van der Waals surface area contributed by atoms with Crippen molar-refractivity contribution in [2.45, 2.75) is 26.8 Å². The van der Waals surface area contributed by atoms with E-state index >= 15 is 0 Å². The summed E-state index contributed by atoms with van der Waals surface area (Å²) in [4.78, 5) is 30.5. The number of aryl methyl sites for hydroxylation is 2. The average Bonchev–Trinajstić information content (AvgIpc) is 3.27. The topological polar surface area (TPSA) is 80.1 Å². The molecule has 29 heavy (non-hydrogen) atoms. The van der Waals surface area contributed by atoms with Gasteiger partial charge in [-0.25, -0.2) is 9.67 Å². The lowest BCUT2D eigenvalue weighted by atomic mass is 10.1. The van der Waals surface area contributed by atoms with Crippen LogP contribution in [0.15, 0.2) is 55.1 Å². The summed E-state index contributed by atoms with van der Waals surface area (Å²) in [5.41, 5.74) is 4.61. The second-order valence-corrected chi connectivity index (χ2v) is 7.09. The van der Waals surface area contributed by atoms with Crippen molar-refractivity contribution in [2.24, 2.45) is 0 Å². The molecule has 3 aromatic rings. The van der Waals surface area contributed by atoms with Crippen LogP contribution in [0, 0.1) is 13.8 Å². The Morgan fingerprint density at radius 1 is 1.10 bits per heavy atom. The first-order valence-electron chi connectivity index (χ1n) is 9.43. The summed E-state index contributed by atoms with van der Waals surface area (Å²) >= 11 is 0. The van der Waals surface area contributed by atoms with E-state index in [-0.39, 0.29) is 24.4 Å². The molecule has 0 aliphatic heterocycles. The summed E-state index contributed by atoms with van der Waals surface area (Å²) in [6, 6.07) is 13.1. The van der Waals surface area contributed by atoms with Crippen molar-refractivity contribution in [1.29, 1.82) is 0 Å². The quantitative estimate of drug-likeness (QED) is 0.701. The van der Waals surface area contributed by atoms with Crippen molar-refractivity contribution in [1.82, 2.24) is 25.0 Å². The molecule has 0 aliphatic carbocycles. The zero-order valence-corrected chi connectivity index (χ0v) is 17.1. The maximum atomic E-state index is 12.6. The number of benzene rings is 2.